The van der Waals surface area contributed by atoms with E-state index in [-0.39, 0.29) is 5.82 Å². The van der Waals surface area contributed by atoms with Gasteiger partial charge in [-0.25, -0.2) is 9.37 Å². The van der Waals surface area contributed by atoms with E-state index in [0.717, 1.165) is 22.7 Å². The van der Waals surface area contributed by atoms with Gasteiger partial charge in [-0.05, 0) is 37.3 Å². The molecule has 0 atom stereocenters. The largest absolute Gasteiger partial charge is 0.496 e. The number of ether oxygens (including phenoxy) is 1. The molecule has 0 radical (unpaired) electrons. The van der Waals surface area contributed by atoms with Gasteiger partial charge in [-0.15, -0.1) is 0 Å². The second-order valence-electron chi connectivity index (χ2n) is 5.52. The Labute approximate surface area is 145 Å². The highest BCUT2D eigenvalue weighted by Gasteiger charge is 2.05. The molecule has 5 nitrogen and oxygen atoms in total. The van der Waals surface area contributed by atoms with Gasteiger partial charge in [0.05, 0.1) is 7.11 Å². The molecule has 0 aliphatic heterocycles. The number of aryl methyl sites for hydroxylation is 1. The normalized spacial score (nSPS) is 10.4. The summed E-state index contributed by atoms with van der Waals surface area (Å²) in [6, 6.07) is 15.7. The predicted octanol–water partition coefficient (Wildman–Crippen LogP) is 4.29. The molecule has 0 saturated carbocycles. The van der Waals surface area contributed by atoms with E-state index in [1.54, 1.807) is 19.2 Å². The van der Waals surface area contributed by atoms with Crippen molar-refractivity contribution < 1.29 is 9.13 Å². The number of benzene rings is 2. The summed E-state index contributed by atoms with van der Waals surface area (Å²) in [5.41, 5.74) is 2.58. The minimum Gasteiger partial charge on any atom is -0.496 e. The molecular formula is C19H19FN4O. The summed E-state index contributed by atoms with van der Waals surface area (Å²) in [6.07, 6.45) is 0. The van der Waals surface area contributed by atoms with Crippen LogP contribution in [0.4, 0.5) is 21.8 Å². The third-order valence-electron chi connectivity index (χ3n) is 3.61. The van der Waals surface area contributed by atoms with Crippen LogP contribution in [0.15, 0.2) is 54.6 Å². The van der Waals surface area contributed by atoms with E-state index in [4.69, 9.17) is 4.74 Å². The average molecular weight is 338 g/mol. The third-order valence-corrected chi connectivity index (χ3v) is 3.61. The molecule has 2 aromatic carbocycles. The van der Waals surface area contributed by atoms with E-state index < -0.39 is 0 Å². The van der Waals surface area contributed by atoms with Crippen molar-refractivity contribution in [3.8, 4) is 5.75 Å². The topological polar surface area (TPSA) is 59.1 Å². The van der Waals surface area contributed by atoms with Gasteiger partial charge in [-0.1, -0.05) is 18.2 Å². The van der Waals surface area contributed by atoms with Crippen molar-refractivity contribution >= 4 is 17.5 Å². The van der Waals surface area contributed by atoms with E-state index in [1.165, 1.54) is 12.1 Å². The molecular weight excluding hydrogens is 319 g/mol. The average Bonchev–Trinajstić information content (AvgIpc) is 2.62. The first-order valence-corrected chi connectivity index (χ1v) is 7.88. The molecule has 1 heterocycles. The standard InChI is InChI=1S/C19H19FN4O/c1-13-11-18(21-12-14-5-3-4-6-17(14)25-2)24-19(22-13)23-16-9-7-15(20)8-10-16/h3-11H,12H2,1-2H3,(H2,21,22,23,24). The maximum atomic E-state index is 13.0. The number of anilines is 3. The summed E-state index contributed by atoms with van der Waals surface area (Å²) < 4.78 is 18.4. The van der Waals surface area contributed by atoms with Crippen LogP contribution in [0, 0.1) is 12.7 Å². The molecule has 0 saturated heterocycles. The van der Waals surface area contributed by atoms with Crippen molar-refractivity contribution in [2.75, 3.05) is 17.7 Å². The SMILES string of the molecule is COc1ccccc1CNc1cc(C)nc(Nc2ccc(F)cc2)n1. The number of hydrogen-bond acceptors (Lipinski definition) is 5. The van der Waals surface area contributed by atoms with Gasteiger partial charge in [0.15, 0.2) is 0 Å². The van der Waals surface area contributed by atoms with Crippen LogP contribution in [0.5, 0.6) is 5.75 Å². The van der Waals surface area contributed by atoms with Crippen molar-refractivity contribution in [3.63, 3.8) is 0 Å². The highest BCUT2D eigenvalue weighted by atomic mass is 19.1. The minimum absolute atomic E-state index is 0.283. The van der Waals surface area contributed by atoms with E-state index in [1.807, 2.05) is 37.3 Å². The number of methoxy groups -OCH3 is 1. The van der Waals surface area contributed by atoms with Gasteiger partial charge in [0.2, 0.25) is 5.95 Å². The number of nitrogens with zero attached hydrogens (tertiary/aromatic N) is 2. The third kappa shape index (κ3) is 4.44. The monoisotopic (exact) mass is 338 g/mol. The van der Waals surface area contributed by atoms with E-state index in [0.29, 0.717) is 18.3 Å². The fourth-order valence-corrected chi connectivity index (χ4v) is 2.41. The minimum atomic E-state index is -0.283. The van der Waals surface area contributed by atoms with E-state index in [9.17, 15) is 4.39 Å². The van der Waals surface area contributed by atoms with Crippen LogP contribution in [0.1, 0.15) is 11.3 Å². The van der Waals surface area contributed by atoms with Crippen molar-refractivity contribution in [1.29, 1.82) is 0 Å². The Morgan fingerprint density at radius 2 is 1.80 bits per heavy atom. The fourth-order valence-electron chi connectivity index (χ4n) is 2.41. The summed E-state index contributed by atoms with van der Waals surface area (Å²) in [7, 11) is 1.65. The molecule has 3 rings (SSSR count). The fraction of sp³-hybridized carbons (Fsp3) is 0.158. The molecule has 0 unspecified atom stereocenters. The summed E-state index contributed by atoms with van der Waals surface area (Å²) in [4.78, 5) is 8.81. The molecule has 1 aromatic heterocycles. The van der Waals surface area contributed by atoms with Crippen molar-refractivity contribution in [3.05, 3.63) is 71.7 Å². The maximum Gasteiger partial charge on any atom is 0.229 e. The van der Waals surface area contributed by atoms with Crippen LogP contribution in [0.2, 0.25) is 0 Å². The summed E-state index contributed by atoms with van der Waals surface area (Å²) >= 11 is 0. The van der Waals surface area contributed by atoms with Crippen LogP contribution >= 0.6 is 0 Å². The first-order chi connectivity index (χ1) is 12.1. The van der Waals surface area contributed by atoms with Gasteiger partial charge in [0.25, 0.3) is 0 Å². The van der Waals surface area contributed by atoms with E-state index >= 15 is 0 Å². The molecule has 0 bridgehead atoms. The Balaban J connectivity index is 1.74. The zero-order valence-electron chi connectivity index (χ0n) is 14.1. The Morgan fingerprint density at radius 1 is 1.04 bits per heavy atom. The Bertz CT molecular complexity index is 852. The van der Waals surface area contributed by atoms with Gasteiger partial charge in [0.1, 0.15) is 17.4 Å². The highest BCUT2D eigenvalue weighted by Crippen LogP contribution is 2.20. The Morgan fingerprint density at radius 3 is 2.56 bits per heavy atom. The molecule has 6 heteroatoms. The molecule has 0 aliphatic carbocycles. The van der Waals surface area contributed by atoms with Crippen molar-refractivity contribution in [2.24, 2.45) is 0 Å². The van der Waals surface area contributed by atoms with Gasteiger partial charge >= 0.3 is 0 Å². The predicted molar refractivity (Wildman–Crippen MR) is 96.8 cm³/mol. The number of nitrogens with one attached hydrogen (secondary N) is 2. The van der Waals surface area contributed by atoms with Crippen LogP contribution in [-0.4, -0.2) is 17.1 Å². The number of rotatable bonds is 6. The van der Waals surface area contributed by atoms with Crippen LogP contribution in [0.3, 0.4) is 0 Å². The van der Waals surface area contributed by atoms with Crippen molar-refractivity contribution in [1.82, 2.24) is 9.97 Å². The Hall–Kier alpha value is -3.15. The smallest absolute Gasteiger partial charge is 0.229 e. The van der Waals surface area contributed by atoms with Crippen LogP contribution < -0.4 is 15.4 Å². The lowest BCUT2D eigenvalue weighted by molar-refractivity contribution is 0.410. The van der Waals surface area contributed by atoms with Crippen molar-refractivity contribution in [2.45, 2.75) is 13.5 Å². The molecule has 3 aromatic rings. The van der Waals surface area contributed by atoms with Crippen LogP contribution in [0.25, 0.3) is 0 Å². The van der Waals surface area contributed by atoms with Gasteiger partial charge in [-0.3, -0.25) is 0 Å². The first-order valence-electron chi connectivity index (χ1n) is 7.88. The molecule has 0 amide bonds. The summed E-state index contributed by atoms with van der Waals surface area (Å²) in [5, 5.41) is 6.36. The van der Waals surface area contributed by atoms with Crippen LogP contribution in [-0.2, 0) is 6.54 Å². The molecule has 128 valence electrons. The summed E-state index contributed by atoms with van der Waals surface area (Å²) in [5.74, 6) is 1.69. The highest BCUT2D eigenvalue weighted by molar-refractivity contribution is 5.55. The summed E-state index contributed by atoms with van der Waals surface area (Å²) in [6.45, 7) is 2.47. The molecule has 25 heavy (non-hydrogen) atoms. The number of halogens is 1. The zero-order chi connectivity index (χ0) is 17.6. The zero-order valence-corrected chi connectivity index (χ0v) is 14.1. The molecule has 0 fully saturated rings. The van der Waals surface area contributed by atoms with Gasteiger partial charge < -0.3 is 15.4 Å². The quantitative estimate of drug-likeness (QED) is 0.702. The molecule has 2 N–H and O–H groups in total. The lowest BCUT2D eigenvalue weighted by atomic mass is 10.2. The van der Waals surface area contributed by atoms with Gasteiger partial charge in [0, 0.05) is 29.6 Å². The van der Waals surface area contributed by atoms with E-state index in [2.05, 4.69) is 20.6 Å². The maximum absolute atomic E-state index is 13.0. The number of para-hydroxylation sites is 1. The second-order valence-corrected chi connectivity index (χ2v) is 5.52. The first kappa shape index (κ1) is 16.7. The lowest BCUT2D eigenvalue weighted by Crippen LogP contribution is -2.06. The second kappa shape index (κ2) is 7.61. The lowest BCUT2D eigenvalue weighted by Gasteiger charge is -2.12. The number of aromatic nitrogens is 2. The molecule has 0 aliphatic rings. The van der Waals surface area contributed by atoms with Gasteiger partial charge in [-0.2, -0.15) is 4.98 Å². The molecule has 0 spiro atoms. The Kier molecular flexibility index (Phi) is 5.09. The number of hydrogen-bond donors (Lipinski definition) is 2.